The normalized spacial score (nSPS) is 11.2. The molecule has 0 atom stereocenters. The first-order valence-electron chi connectivity index (χ1n) is 7.96. The van der Waals surface area contributed by atoms with Gasteiger partial charge >= 0.3 is 0 Å². The molecule has 2 aromatic carbocycles. The molecule has 4 aromatic rings. The van der Waals surface area contributed by atoms with E-state index in [1.54, 1.807) is 12.5 Å². The van der Waals surface area contributed by atoms with Gasteiger partial charge in [-0.15, -0.1) is 0 Å². The number of nitrogens with one attached hydrogen (secondary N) is 1. The summed E-state index contributed by atoms with van der Waals surface area (Å²) in [5.74, 6) is 1.10. The molecule has 0 bridgehead atoms. The van der Waals surface area contributed by atoms with Crippen molar-refractivity contribution in [1.29, 1.82) is 0 Å². The van der Waals surface area contributed by atoms with Crippen molar-refractivity contribution >= 4 is 23.1 Å². The van der Waals surface area contributed by atoms with Crippen LogP contribution in [0.4, 0.5) is 5.95 Å². The molecule has 25 heavy (non-hydrogen) atoms. The van der Waals surface area contributed by atoms with Gasteiger partial charge in [-0.1, -0.05) is 42.0 Å². The van der Waals surface area contributed by atoms with Crippen LogP contribution < -0.4 is 5.43 Å². The average Bonchev–Trinajstić information content (AvgIpc) is 3.15. The molecule has 0 aliphatic carbocycles. The van der Waals surface area contributed by atoms with E-state index in [9.17, 15) is 0 Å². The molecule has 2 heterocycles. The fourth-order valence-electron chi connectivity index (χ4n) is 2.63. The molecule has 122 valence electrons. The van der Waals surface area contributed by atoms with Crippen LogP contribution in [0.5, 0.6) is 0 Å². The van der Waals surface area contributed by atoms with Crippen molar-refractivity contribution in [3.63, 3.8) is 0 Å². The number of aromatic nitrogens is 2. The summed E-state index contributed by atoms with van der Waals surface area (Å²) in [7, 11) is 0. The number of rotatable bonds is 4. The van der Waals surface area contributed by atoms with Crippen LogP contribution in [0.1, 0.15) is 11.3 Å². The van der Waals surface area contributed by atoms with Crippen LogP contribution in [0, 0.1) is 6.92 Å². The molecule has 0 fully saturated rings. The zero-order valence-corrected chi connectivity index (χ0v) is 13.7. The second-order valence-electron chi connectivity index (χ2n) is 5.67. The highest BCUT2D eigenvalue weighted by Crippen LogP contribution is 2.27. The van der Waals surface area contributed by atoms with Gasteiger partial charge in [-0.2, -0.15) is 5.10 Å². The predicted molar refractivity (Wildman–Crippen MR) is 99.6 cm³/mol. The molecule has 1 N–H and O–H groups in total. The van der Waals surface area contributed by atoms with Gasteiger partial charge in [0.2, 0.25) is 5.95 Å². The third-order valence-electron chi connectivity index (χ3n) is 3.80. The Kier molecular flexibility index (Phi) is 3.96. The lowest BCUT2D eigenvalue weighted by Crippen LogP contribution is -1.99. The van der Waals surface area contributed by atoms with Crippen molar-refractivity contribution < 1.29 is 4.42 Å². The van der Waals surface area contributed by atoms with Crippen LogP contribution in [0.15, 0.2) is 76.4 Å². The summed E-state index contributed by atoms with van der Waals surface area (Å²) in [4.78, 5) is 9.22. The summed E-state index contributed by atoms with van der Waals surface area (Å²) < 4.78 is 5.22. The Hall–Kier alpha value is -3.47. The summed E-state index contributed by atoms with van der Waals surface area (Å²) >= 11 is 0. The molecule has 4 rings (SSSR count). The Labute approximate surface area is 145 Å². The van der Waals surface area contributed by atoms with Gasteiger partial charge in [-0.25, -0.2) is 15.4 Å². The second kappa shape index (κ2) is 6.57. The highest BCUT2D eigenvalue weighted by atomic mass is 16.3. The van der Waals surface area contributed by atoms with E-state index in [2.05, 4.69) is 33.5 Å². The summed E-state index contributed by atoms with van der Waals surface area (Å²) in [5, 5.41) is 5.17. The number of aryl methyl sites for hydroxylation is 1. The maximum atomic E-state index is 5.22. The molecule has 0 unspecified atom stereocenters. The lowest BCUT2D eigenvalue weighted by atomic mass is 10.0. The largest absolute Gasteiger partial charge is 0.463 e. The number of benzene rings is 2. The van der Waals surface area contributed by atoms with E-state index in [1.165, 1.54) is 5.56 Å². The zero-order chi connectivity index (χ0) is 17.1. The Morgan fingerprint density at radius 3 is 2.68 bits per heavy atom. The number of hydrogen-bond acceptors (Lipinski definition) is 5. The lowest BCUT2D eigenvalue weighted by molar-refractivity contribution is 0.560. The first-order chi connectivity index (χ1) is 12.3. The van der Waals surface area contributed by atoms with E-state index in [-0.39, 0.29) is 0 Å². The third-order valence-corrected chi connectivity index (χ3v) is 3.80. The molecule has 0 aliphatic rings. The maximum Gasteiger partial charge on any atom is 0.244 e. The number of hydrazone groups is 1. The molecular formula is C20H16N4O. The van der Waals surface area contributed by atoms with Crippen molar-refractivity contribution in [3.8, 4) is 11.3 Å². The van der Waals surface area contributed by atoms with Crippen molar-refractivity contribution in [2.45, 2.75) is 6.92 Å². The summed E-state index contributed by atoms with van der Waals surface area (Å²) in [5.41, 5.74) is 6.85. The zero-order valence-electron chi connectivity index (χ0n) is 13.7. The van der Waals surface area contributed by atoms with Crippen LogP contribution in [-0.4, -0.2) is 16.2 Å². The van der Waals surface area contributed by atoms with Crippen LogP contribution in [0.2, 0.25) is 0 Å². The minimum absolute atomic E-state index is 0.443. The van der Waals surface area contributed by atoms with Gasteiger partial charge in [0.25, 0.3) is 0 Å². The number of furan rings is 1. The van der Waals surface area contributed by atoms with Gasteiger partial charge in [0.15, 0.2) is 0 Å². The molecule has 0 saturated heterocycles. The molecule has 0 spiro atoms. The Balaban J connectivity index is 1.77. The highest BCUT2D eigenvalue weighted by Gasteiger charge is 2.09. The third kappa shape index (κ3) is 3.26. The van der Waals surface area contributed by atoms with E-state index < -0.39 is 0 Å². The van der Waals surface area contributed by atoms with E-state index >= 15 is 0 Å². The average molecular weight is 328 g/mol. The molecule has 0 amide bonds. The lowest BCUT2D eigenvalue weighted by Gasteiger charge is -2.09. The van der Waals surface area contributed by atoms with Crippen molar-refractivity contribution in [2.75, 3.05) is 5.43 Å². The van der Waals surface area contributed by atoms with Gasteiger partial charge < -0.3 is 4.42 Å². The number of hydrogen-bond donors (Lipinski definition) is 1. The molecular weight excluding hydrogens is 312 g/mol. The smallest absolute Gasteiger partial charge is 0.244 e. The Morgan fingerprint density at radius 1 is 1.00 bits per heavy atom. The van der Waals surface area contributed by atoms with Crippen molar-refractivity contribution in [3.05, 3.63) is 78.3 Å². The highest BCUT2D eigenvalue weighted by molar-refractivity contribution is 5.93. The van der Waals surface area contributed by atoms with E-state index in [0.29, 0.717) is 11.7 Å². The minimum Gasteiger partial charge on any atom is -0.463 e. The molecule has 5 heteroatoms. The van der Waals surface area contributed by atoms with Gasteiger partial charge in [-0.05, 0) is 31.2 Å². The van der Waals surface area contributed by atoms with Crippen LogP contribution in [0.25, 0.3) is 22.2 Å². The van der Waals surface area contributed by atoms with E-state index in [4.69, 9.17) is 4.42 Å². The quantitative estimate of drug-likeness (QED) is 0.438. The van der Waals surface area contributed by atoms with E-state index in [1.807, 2.05) is 54.6 Å². The Bertz CT molecular complexity index is 1020. The van der Waals surface area contributed by atoms with Gasteiger partial charge in [0.05, 0.1) is 23.7 Å². The summed E-state index contributed by atoms with van der Waals surface area (Å²) in [6.07, 6.45) is 3.19. The summed E-state index contributed by atoms with van der Waals surface area (Å²) in [6.45, 7) is 2.06. The molecule has 0 aliphatic heterocycles. The molecule has 0 saturated carbocycles. The first-order valence-corrected chi connectivity index (χ1v) is 7.96. The molecule has 2 aromatic heterocycles. The summed E-state index contributed by atoms with van der Waals surface area (Å²) in [6, 6.07) is 19.9. The monoisotopic (exact) mass is 328 g/mol. The first kappa shape index (κ1) is 15.1. The molecule has 5 nitrogen and oxygen atoms in total. The minimum atomic E-state index is 0.443. The maximum absolute atomic E-state index is 5.22. The van der Waals surface area contributed by atoms with Gasteiger partial charge in [-0.3, -0.25) is 0 Å². The number of anilines is 1. The van der Waals surface area contributed by atoms with Crippen LogP contribution in [0.3, 0.4) is 0 Å². The van der Waals surface area contributed by atoms with Crippen LogP contribution in [-0.2, 0) is 0 Å². The van der Waals surface area contributed by atoms with E-state index in [0.717, 1.165) is 22.2 Å². The van der Waals surface area contributed by atoms with Gasteiger partial charge in [0, 0.05) is 10.9 Å². The standard InChI is InChI=1S/C20H16N4O/c1-14-9-10-18-17(12-14)19(15-6-3-2-4-7-15)23-20(22-18)24-21-13-16-8-5-11-25-16/h2-13H,1H3,(H,22,23,24)/b21-13-. The topological polar surface area (TPSA) is 63.3 Å². The van der Waals surface area contributed by atoms with Crippen molar-refractivity contribution in [1.82, 2.24) is 9.97 Å². The molecule has 0 radical (unpaired) electrons. The number of nitrogens with zero attached hydrogens (tertiary/aromatic N) is 3. The number of fused-ring (bicyclic) bond motifs is 1. The fourth-order valence-corrected chi connectivity index (χ4v) is 2.63. The van der Waals surface area contributed by atoms with Gasteiger partial charge in [0.1, 0.15) is 5.76 Å². The predicted octanol–water partition coefficient (Wildman–Crippen LogP) is 4.64. The van der Waals surface area contributed by atoms with Crippen molar-refractivity contribution in [2.24, 2.45) is 5.10 Å². The fraction of sp³-hybridized carbons (Fsp3) is 0.0500. The Morgan fingerprint density at radius 2 is 1.88 bits per heavy atom. The SMILES string of the molecule is Cc1ccc2nc(N/N=C\c3ccco3)nc(-c3ccccc3)c2c1. The van der Waals surface area contributed by atoms with Crippen LogP contribution >= 0.6 is 0 Å². The second-order valence-corrected chi connectivity index (χ2v) is 5.67.